The van der Waals surface area contributed by atoms with E-state index in [9.17, 15) is 18.0 Å². The maximum absolute atomic E-state index is 13.7. The molecule has 7 nitrogen and oxygen atoms in total. The number of rotatable bonds is 8. The Morgan fingerprint density at radius 3 is 2.33 bits per heavy atom. The smallest absolute Gasteiger partial charge is 0.437 e. The number of methoxy groups -OCH3 is 1. The minimum absolute atomic E-state index is 0.0791. The number of para-hydroxylation sites is 1. The van der Waals surface area contributed by atoms with Crippen molar-refractivity contribution in [2.24, 2.45) is 0 Å². The molecule has 210 valence electrons. The topological polar surface area (TPSA) is 69.5 Å². The van der Waals surface area contributed by atoms with Crippen molar-refractivity contribution in [1.29, 1.82) is 0 Å². The van der Waals surface area contributed by atoms with Crippen LogP contribution in [-0.4, -0.2) is 35.1 Å². The van der Waals surface area contributed by atoms with Crippen LogP contribution in [0.5, 0.6) is 5.75 Å². The van der Waals surface area contributed by atoms with Crippen LogP contribution in [0.1, 0.15) is 38.4 Å². The van der Waals surface area contributed by atoms with Crippen LogP contribution in [0.3, 0.4) is 0 Å². The first-order chi connectivity index (χ1) is 18.9. The van der Waals surface area contributed by atoms with Crippen molar-refractivity contribution in [3.05, 3.63) is 98.3 Å². The number of aryl methyl sites for hydroxylation is 2. The van der Waals surface area contributed by atoms with Gasteiger partial charge in [0.1, 0.15) is 23.7 Å². The molecule has 0 aliphatic heterocycles. The van der Waals surface area contributed by atoms with E-state index in [0.717, 1.165) is 27.1 Å². The van der Waals surface area contributed by atoms with Crippen LogP contribution < -0.4 is 9.64 Å². The van der Waals surface area contributed by atoms with Gasteiger partial charge in [-0.25, -0.2) is 9.48 Å². The zero-order chi connectivity index (χ0) is 29.2. The third-order valence-corrected chi connectivity index (χ3v) is 6.86. The number of hydrogen-bond donors (Lipinski definition) is 0. The van der Waals surface area contributed by atoms with E-state index >= 15 is 0 Å². The van der Waals surface area contributed by atoms with Gasteiger partial charge in [-0.05, 0) is 66.9 Å². The summed E-state index contributed by atoms with van der Waals surface area (Å²) >= 11 is 12.4. The summed E-state index contributed by atoms with van der Waals surface area (Å²) in [6.07, 6.45) is -4.76. The fourth-order valence-electron chi connectivity index (χ4n) is 4.34. The summed E-state index contributed by atoms with van der Waals surface area (Å²) in [5.41, 5.74) is 2.60. The number of carbonyl (C=O) groups excluding carboxylic acids is 1. The summed E-state index contributed by atoms with van der Waals surface area (Å²) < 4.78 is 52.7. The molecule has 4 rings (SSSR count). The number of alkyl halides is 3. The van der Waals surface area contributed by atoms with E-state index < -0.39 is 18.5 Å². The molecule has 4 aromatic rings. The molecule has 12 heteroatoms. The molecular formula is C28H25Cl2F3N4O3. The van der Waals surface area contributed by atoms with E-state index in [1.165, 1.54) is 19.2 Å². The summed E-state index contributed by atoms with van der Waals surface area (Å²) in [4.78, 5) is 13.9. The summed E-state index contributed by atoms with van der Waals surface area (Å²) in [5, 5.41) is 7.24. The normalized spacial score (nSPS) is 11.4. The lowest BCUT2D eigenvalue weighted by molar-refractivity contribution is -0.142. The van der Waals surface area contributed by atoms with Gasteiger partial charge in [-0.15, -0.1) is 5.10 Å². The molecule has 0 bridgehead atoms. The highest BCUT2D eigenvalue weighted by Gasteiger charge is 2.39. The SMILES string of the molecule is COC(=O)c1ccc(CN(C)c2ccc(OCc3c(C(F)(F)F)nnn3-c3c(Cl)cccc3Cl)cc2C)cc1C. The van der Waals surface area contributed by atoms with Crippen molar-refractivity contribution in [2.45, 2.75) is 33.2 Å². The van der Waals surface area contributed by atoms with Gasteiger partial charge in [-0.1, -0.05) is 46.6 Å². The van der Waals surface area contributed by atoms with Gasteiger partial charge in [0.2, 0.25) is 0 Å². The zero-order valence-corrected chi connectivity index (χ0v) is 23.5. The van der Waals surface area contributed by atoms with Crippen molar-refractivity contribution in [1.82, 2.24) is 15.0 Å². The van der Waals surface area contributed by atoms with Gasteiger partial charge in [0.25, 0.3) is 0 Å². The molecule has 40 heavy (non-hydrogen) atoms. The Balaban J connectivity index is 1.54. The molecule has 0 spiro atoms. The molecule has 0 radical (unpaired) electrons. The second kappa shape index (κ2) is 11.8. The Bertz CT molecular complexity index is 1540. The highest BCUT2D eigenvalue weighted by molar-refractivity contribution is 6.37. The second-order valence-electron chi connectivity index (χ2n) is 9.10. The maximum Gasteiger partial charge on any atom is 0.437 e. The van der Waals surface area contributed by atoms with E-state index in [4.69, 9.17) is 32.7 Å². The van der Waals surface area contributed by atoms with Crippen molar-refractivity contribution >= 4 is 34.9 Å². The van der Waals surface area contributed by atoms with Crippen LogP contribution in [0.15, 0.2) is 54.6 Å². The molecule has 0 aliphatic rings. The predicted molar refractivity (Wildman–Crippen MR) is 147 cm³/mol. The molecule has 0 unspecified atom stereocenters. The van der Waals surface area contributed by atoms with Gasteiger partial charge >= 0.3 is 12.1 Å². The Kier molecular flexibility index (Phi) is 8.60. The third-order valence-electron chi connectivity index (χ3n) is 6.25. The summed E-state index contributed by atoms with van der Waals surface area (Å²) in [6, 6.07) is 15.3. The number of aromatic nitrogens is 3. The van der Waals surface area contributed by atoms with Crippen LogP contribution in [0.4, 0.5) is 18.9 Å². The fraction of sp³-hybridized carbons (Fsp3) is 0.250. The van der Waals surface area contributed by atoms with Crippen LogP contribution in [0.2, 0.25) is 10.0 Å². The number of esters is 1. The summed E-state index contributed by atoms with van der Waals surface area (Å²) in [7, 11) is 3.26. The van der Waals surface area contributed by atoms with Gasteiger partial charge < -0.3 is 14.4 Å². The van der Waals surface area contributed by atoms with Gasteiger partial charge in [0.05, 0.1) is 22.7 Å². The number of ether oxygens (including phenoxy) is 2. The van der Waals surface area contributed by atoms with E-state index in [2.05, 4.69) is 10.3 Å². The first kappa shape index (κ1) is 29.2. The molecule has 3 aromatic carbocycles. The molecule has 0 atom stereocenters. The van der Waals surface area contributed by atoms with Gasteiger partial charge in [0, 0.05) is 19.3 Å². The molecular weight excluding hydrogens is 568 g/mol. The van der Waals surface area contributed by atoms with Gasteiger partial charge in [-0.2, -0.15) is 13.2 Å². The van der Waals surface area contributed by atoms with E-state index in [0.29, 0.717) is 17.9 Å². The van der Waals surface area contributed by atoms with Crippen molar-refractivity contribution in [3.63, 3.8) is 0 Å². The highest BCUT2D eigenvalue weighted by Crippen LogP contribution is 2.35. The predicted octanol–water partition coefficient (Wildman–Crippen LogP) is 7.21. The standard InChI is InChI=1S/C28H25Cl2F3N4O3/c1-16-12-18(8-10-20(16)27(38)39-4)14-36(3)23-11-9-19(13-17(23)2)40-15-24-26(28(31,32)33)34-35-37(24)25-21(29)6-5-7-22(25)30/h5-13H,14-15H2,1-4H3. The van der Waals surface area contributed by atoms with Crippen molar-refractivity contribution in [3.8, 4) is 11.4 Å². The zero-order valence-electron chi connectivity index (χ0n) is 22.0. The monoisotopic (exact) mass is 592 g/mol. The molecule has 0 N–H and O–H groups in total. The second-order valence-corrected chi connectivity index (χ2v) is 9.91. The molecule has 0 saturated heterocycles. The van der Waals surface area contributed by atoms with Gasteiger partial charge in [-0.3, -0.25) is 0 Å². The Hall–Kier alpha value is -3.76. The Labute approximate surface area is 239 Å². The number of benzene rings is 3. The fourth-order valence-corrected chi connectivity index (χ4v) is 4.90. The minimum atomic E-state index is -4.76. The van der Waals surface area contributed by atoms with Crippen LogP contribution >= 0.6 is 23.2 Å². The number of halogens is 5. The lowest BCUT2D eigenvalue weighted by atomic mass is 10.0. The van der Waals surface area contributed by atoms with Crippen LogP contribution in [0, 0.1) is 13.8 Å². The molecule has 1 heterocycles. The Morgan fingerprint density at radius 2 is 1.73 bits per heavy atom. The van der Waals surface area contributed by atoms with Crippen LogP contribution in [-0.2, 0) is 24.1 Å². The van der Waals surface area contributed by atoms with E-state index in [1.54, 1.807) is 24.3 Å². The molecule has 0 fully saturated rings. The van der Waals surface area contributed by atoms with Gasteiger partial charge in [0.15, 0.2) is 5.69 Å². The molecule has 0 amide bonds. The van der Waals surface area contributed by atoms with Crippen molar-refractivity contribution < 1.29 is 27.4 Å². The summed E-state index contributed by atoms with van der Waals surface area (Å²) in [6.45, 7) is 3.80. The minimum Gasteiger partial charge on any atom is -0.487 e. The third kappa shape index (κ3) is 6.18. The van der Waals surface area contributed by atoms with Crippen LogP contribution in [0.25, 0.3) is 5.69 Å². The maximum atomic E-state index is 13.7. The van der Waals surface area contributed by atoms with Crippen molar-refractivity contribution in [2.75, 3.05) is 19.1 Å². The lowest BCUT2D eigenvalue weighted by Gasteiger charge is -2.23. The molecule has 0 saturated carbocycles. The first-order valence-corrected chi connectivity index (χ1v) is 12.7. The summed E-state index contributed by atoms with van der Waals surface area (Å²) in [5.74, 6) is -0.0287. The first-order valence-electron chi connectivity index (χ1n) is 12.0. The molecule has 1 aromatic heterocycles. The average molecular weight is 593 g/mol. The lowest BCUT2D eigenvalue weighted by Crippen LogP contribution is -2.18. The number of hydrogen-bond acceptors (Lipinski definition) is 6. The number of anilines is 1. The highest BCUT2D eigenvalue weighted by atomic mass is 35.5. The average Bonchev–Trinajstić information content (AvgIpc) is 3.31. The van der Waals surface area contributed by atoms with E-state index in [-0.39, 0.29) is 27.4 Å². The largest absolute Gasteiger partial charge is 0.487 e. The number of carbonyl (C=O) groups is 1. The quantitative estimate of drug-likeness (QED) is 0.201. The Morgan fingerprint density at radius 1 is 1.02 bits per heavy atom. The van der Waals surface area contributed by atoms with E-state index in [1.807, 2.05) is 44.0 Å². The molecule has 0 aliphatic carbocycles. The number of nitrogens with zero attached hydrogens (tertiary/aromatic N) is 4.